The molecule has 1 N–H and O–H groups in total. The Morgan fingerprint density at radius 3 is 2.43 bits per heavy atom. The zero-order valence-corrected chi connectivity index (χ0v) is 11.9. The molecule has 2 nitrogen and oxygen atoms in total. The van der Waals surface area contributed by atoms with E-state index in [9.17, 15) is 18.0 Å². The highest BCUT2D eigenvalue weighted by Crippen LogP contribution is 2.31. The van der Waals surface area contributed by atoms with Gasteiger partial charge in [0, 0.05) is 12.8 Å². The molecule has 110 valence electrons. The minimum atomic E-state index is -1.28. The van der Waals surface area contributed by atoms with Gasteiger partial charge in [0.2, 0.25) is 0 Å². The van der Waals surface area contributed by atoms with E-state index in [2.05, 4.69) is 5.32 Å². The molecule has 0 heterocycles. The molecule has 0 aromatic heterocycles. The summed E-state index contributed by atoms with van der Waals surface area (Å²) in [6.45, 7) is 0. The maximum Gasteiger partial charge on any atom is 0.254 e. The van der Waals surface area contributed by atoms with Crippen molar-refractivity contribution in [3.8, 4) is 0 Å². The Labute approximate surface area is 124 Å². The molecule has 0 radical (unpaired) electrons. The van der Waals surface area contributed by atoms with Gasteiger partial charge in [-0.25, -0.2) is 13.2 Å². The molecule has 6 heteroatoms. The van der Waals surface area contributed by atoms with E-state index < -0.39 is 33.8 Å². The van der Waals surface area contributed by atoms with E-state index in [0.717, 1.165) is 17.3 Å². The molecule has 21 heavy (non-hydrogen) atoms. The summed E-state index contributed by atoms with van der Waals surface area (Å²) in [5.41, 5.74) is 0.332. The summed E-state index contributed by atoms with van der Waals surface area (Å²) in [5.74, 6) is -4.10. The number of amides is 1. The minimum absolute atomic E-state index is 0.269. The number of carbonyl (C=O) groups is 1. The molecule has 0 atom stereocenters. The Bertz CT molecular complexity index is 662. The summed E-state index contributed by atoms with van der Waals surface area (Å²) in [4.78, 5) is 11.0. The summed E-state index contributed by atoms with van der Waals surface area (Å²) in [6, 6.07) is 9.56. The number of nitrogens with one attached hydrogen (secondary N) is 1. The SMILES string of the molecule is CNC(=O)c1cc(F)c(F)c(SCc2ccccc2)c1F. The number of rotatable bonds is 4. The first-order valence-corrected chi connectivity index (χ1v) is 7.09. The van der Waals surface area contributed by atoms with Crippen LogP contribution in [-0.4, -0.2) is 13.0 Å². The Morgan fingerprint density at radius 1 is 1.14 bits per heavy atom. The van der Waals surface area contributed by atoms with E-state index in [0.29, 0.717) is 6.07 Å². The van der Waals surface area contributed by atoms with Crippen molar-refractivity contribution in [2.45, 2.75) is 10.6 Å². The number of benzene rings is 2. The minimum Gasteiger partial charge on any atom is -0.355 e. The first-order valence-electron chi connectivity index (χ1n) is 6.11. The van der Waals surface area contributed by atoms with Crippen LogP contribution in [0.5, 0.6) is 0 Å². The lowest BCUT2D eigenvalue weighted by atomic mass is 10.2. The molecule has 0 fully saturated rings. The molecule has 2 rings (SSSR count). The van der Waals surface area contributed by atoms with Crippen LogP contribution in [0.4, 0.5) is 13.2 Å². The van der Waals surface area contributed by atoms with Crippen molar-refractivity contribution in [2.75, 3.05) is 7.05 Å². The monoisotopic (exact) mass is 311 g/mol. The molecular formula is C15H12F3NOS. The van der Waals surface area contributed by atoms with Crippen LogP contribution in [0, 0.1) is 17.5 Å². The van der Waals surface area contributed by atoms with Gasteiger partial charge in [-0.05, 0) is 11.6 Å². The number of halogens is 3. The zero-order valence-electron chi connectivity index (χ0n) is 11.1. The van der Waals surface area contributed by atoms with Gasteiger partial charge < -0.3 is 5.32 Å². The summed E-state index contributed by atoms with van der Waals surface area (Å²) < 4.78 is 41.4. The van der Waals surface area contributed by atoms with Gasteiger partial charge in [-0.2, -0.15) is 0 Å². The summed E-state index contributed by atoms with van der Waals surface area (Å²) >= 11 is 0.813. The third kappa shape index (κ3) is 3.39. The second-order valence-corrected chi connectivity index (χ2v) is 5.20. The fraction of sp³-hybridized carbons (Fsp3) is 0.133. The molecule has 0 spiro atoms. The van der Waals surface area contributed by atoms with Crippen LogP contribution in [0.3, 0.4) is 0 Å². The smallest absolute Gasteiger partial charge is 0.254 e. The van der Waals surface area contributed by atoms with Crippen molar-refractivity contribution in [3.63, 3.8) is 0 Å². The fourth-order valence-corrected chi connectivity index (χ4v) is 2.70. The predicted molar refractivity (Wildman–Crippen MR) is 75.7 cm³/mol. The molecule has 0 unspecified atom stereocenters. The number of carbonyl (C=O) groups excluding carboxylic acids is 1. The normalized spacial score (nSPS) is 10.5. The highest BCUT2D eigenvalue weighted by molar-refractivity contribution is 7.98. The molecule has 0 aliphatic rings. The maximum absolute atomic E-state index is 14.2. The first kappa shape index (κ1) is 15.4. The quantitative estimate of drug-likeness (QED) is 0.688. The van der Waals surface area contributed by atoms with Gasteiger partial charge in [0.25, 0.3) is 5.91 Å². The van der Waals surface area contributed by atoms with Crippen molar-refractivity contribution in [3.05, 3.63) is 65.0 Å². The van der Waals surface area contributed by atoms with E-state index in [-0.39, 0.29) is 5.75 Å². The zero-order chi connectivity index (χ0) is 15.4. The number of thioether (sulfide) groups is 1. The average molecular weight is 311 g/mol. The van der Waals surface area contributed by atoms with Gasteiger partial charge in [-0.15, -0.1) is 11.8 Å². The fourth-order valence-electron chi connectivity index (χ4n) is 1.74. The molecule has 0 bridgehead atoms. The standard InChI is InChI=1S/C15H12F3NOS/c1-19-15(20)10-7-11(16)13(18)14(12(10)17)21-8-9-5-3-2-4-6-9/h2-7H,8H2,1H3,(H,19,20). The Kier molecular flexibility index (Phi) is 4.90. The van der Waals surface area contributed by atoms with Crippen LogP contribution in [0.2, 0.25) is 0 Å². The van der Waals surface area contributed by atoms with E-state index in [1.165, 1.54) is 7.05 Å². The largest absolute Gasteiger partial charge is 0.355 e. The second-order valence-electron chi connectivity index (χ2n) is 4.22. The van der Waals surface area contributed by atoms with Crippen molar-refractivity contribution in [1.82, 2.24) is 5.32 Å². The van der Waals surface area contributed by atoms with Crippen LogP contribution in [-0.2, 0) is 5.75 Å². The van der Waals surface area contributed by atoms with E-state index >= 15 is 0 Å². The van der Waals surface area contributed by atoms with Crippen molar-refractivity contribution in [1.29, 1.82) is 0 Å². The second kappa shape index (κ2) is 6.67. The van der Waals surface area contributed by atoms with Gasteiger partial charge >= 0.3 is 0 Å². The third-order valence-corrected chi connectivity index (χ3v) is 3.94. The topological polar surface area (TPSA) is 29.1 Å². The van der Waals surface area contributed by atoms with Gasteiger partial charge in [-0.3, -0.25) is 4.79 Å². The molecule has 2 aromatic carbocycles. The van der Waals surface area contributed by atoms with E-state index in [1.807, 2.05) is 6.07 Å². The van der Waals surface area contributed by atoms with Crippen molar-refractivity contribution < 1.29 is 18.0 Å². The Hall–Kier alpha value is -1.95. The molecule has 2 aromatic rings. The van der Waals surface area contributed by atoms with Crippen LogP contribution in [0.25, 0.3) is 0 Å². The average Bonchev–Trinajstić information content (AvgIpc) is 2.51. The van der Waals surface area contributed by atoms with Gasteiger partial charge in [-0.1, -0.05) is 30.3 Å². The number of hydrogen-bond donors (Lipinski definition) is 1. The van der Waals surface area contributed by atoms with E-state index in [1.54, 1.807) is 24.3 Å². The van der Waals surface area contributed by atoms with Crippen LogP contribution < -0.4 is 5.32 Å². The molecule has 0 aliphatic carbocycles. The summed E-state index contributed by atoms with van der Waals surface area (Å²) in [5, 5.41) is 2.19. The highest BCUT2D eigenvalue weighted by atomic mass is 32.2. The molecule has 0 saturated heterocycles. The third-order valence-electron chi connectivity index (χ3n) is 2.81. The van der Waals surface area contributed by atoms with Crippen molar-refractivity contribution in [2.24, 2.45) is 0 Å². The summed E-state index contributed by atoms with van der Waals surface area (Å²) in [6.07, 6.45) is 0. The lowest BCUT2D eigenvalue weighted by molar-refractivity contribution is 0.0957. The number of hydrogen-bond acceptors (Lipinski definition) is 2. The Balaban J connectivity index is 2.34. The van der Waals surface area contributed by atoms with Gasteiger partial charge in [0.15, 0.2) is 17.5 Å². The summed E-state index contributed by atoms with van der Waals surface area (Å²) in [7, 11) is 1.29. The van der Waals surface area contributed by atoms with Crippen LogP contribution in [0.15, 0.2) is 41.3 Å². The Morgan fingerprint density at radius 2 is 1.81 bits per heavy atom. The van der Waals surface area contributed by atoms with E-state index in [4.69, 9.17) is 0 Å². The predicted octanol–water partition coefficient (Wildman–Crippen LogP) is 3.76. The molecule has 0 saturated carbocycles. The van der Waals surface area contributed by atoms with Crippen LogP contribution >= 0.6 is 11.8 Å². The highest BCUT2D eigenvalue weighted by Gasteiger charge is 2.22. The first-order chi connectivity index (χ1) is 10.0. The molecule has 0 aliphatic heterocycles. The lowest BCUT2D eigenvalue weighted by Gasteiger charge is -2.09. The van der Waals surface area contributed by atoms with Gasteiger partial charge in [0.1, 0.15) is 0 Å². The molecular weight excluding hydrogens is 299 g/mol. The van der Waals surface area contributed by atoms with Crippen molar-refractivity contribution >= 4 is 17.7 Å². The maximum atomic E-state index is 14.2. The lowest BCUT2D eigenvalue weighted by Crippen LogP contribution is -2.20. The van der Waals surface area contributed by atoms with Gasteiger partial charge in [0.05, 0.1) is 10.5 Å². The van der Waals surface area contributed by atoms with Crippen LogP contribution in [0.1, 0.15) is 15.9 Å². The molecule has 1 amide bonds.